The molecular formula is C13H20ClFN2O2. The van der Waals surface area contributed by atoms with E-state index in [2.05, 4.69) is 5.32 Å². The first-order valence-corrected chi connectivity index (χ1v) is 6.07. The van der Waals surface area contributed by atoms with Gasteiger partial charge < -0.3 is 15.8 Å². The molecule has 0 fully saturated rings. The number of benzene rings is 1. The lowest BCUT2D eigenvalue weighted by atomic mass is 10.3. The number of unbranched alkanes of at least 4 members (excludes halogenated alkanes) is 1. The maximum absolute atomic E-state index is 12.6. The van der Waals surface area contributed by atoms with Crippen molar-refractivity contribution in [2.24, 2.45) is 5.73 Å². The van der Waals surface area contributed by atoms with Gasteiger partial charge in [0.15, 0.2) is 0 Å². The van der Waals surface area contributed by atoms with E-state index in [1.807, 2.05) is 0 Å². The fourth-order valence-electron chi connectivity index (χ4n) is 1.40. The Morgan fingerprint density at radius 1 is 1.26 bits per heavy atom. The molecule has 0 atom stereocenters. The number of hydrogen-bond donors (Lipinski definition) is 2. The van der Waals surface area contributed by atoms with Gasteiger partial charge in [-0.15, -0.1) is 12.4 Å². The quantitative estimate of drug-likeness (QED) is 0.719. The fourth-order valence-corrected chi connectivity index (χ4v) is 1.40. The van der Waals surface area contributed by atoms with E-state index in [-0.39, 0.29) is 24.1 Å². The van der Waals surface area contributed by atoms with Crippen LogP contribution in [0.15, 0.2) is 24.3 Å². The summed E-state index contributed by atoms with van der Waals surface area (Å²) in [5.41, 5.74) is 5.25. The van der Waals surface area contributed by atoms with Crippen LogP contribution in [0, 0.1) is 5.82 Å². The molecule has 0 aromatic heterocycles. The van der Waals surface area contributed by atoms with E-state index in [1.165, 1.54) is 12.1 Å². The molecule has 0 aliphatic carbocycles. The normalized spacial score (nSPS) is 9.58. The average molecular weight is 291 g/mol. The van der Waals surface area contributed by atoms with Gasteiger partial charge in [-0.3, -0.25) is 4.79 Å². The summed E-state index contributed by atoms with van der Waals surface area (Å²) in [6.07, 6.45) is 2.05. The lowest BCUT2D eigenvalue weighted by Crippen LogP contribution is -2.26. The summed E-state index contributed by atoms with van der Waals surface area (Å²) >= 11 is 0. The lowest BCUT2D eigenvalue weighted by Gasteiger charge is -2.06. The summed E-state index contributed by atoms with van der Waals surface area (Å²) in [6.45, 7) is 1.56. The summed E-state index contributed by atoms with van der Waals surface area (Å²) in [5.74, 6) is 0.366. The van der Waals surface area contributed by atoms with Crippen LogP contribution in [-0.2, 0) is 4.79 Å². The number of carbonyl (C=O) groups excluding carboxylic acids is 1. The van der Waals surface area contributed by atoms with E-state index in [0.717, 1.165) is 12.8 Å². The minimum Gasteiger partial charge on any atom is -0.494 e. The van der Waals surface area contributed by atoms with E-state index >= 15 is 0 Å². The van der Waals surface area contributed by atoms with Gasteiger partial charge in [0.2, 0.25) is 5.91 Å². The predicted octanol–water partition coefficient (Wildman–Crippen LogP) is 1.87. The van der Waals surface area contributed by atoms with Gasteiger partial charge in [0.25, 0.3) is 0 Å². The smallest absolute Gasteiger partial charge is 0.221 e. The molecule has 1 aromatic carbocycles. The summed E-state index contributed by atoms with van der Waals surface area (Å²) in [6, 6.07) is 5.92. The monoisotopic (exact) mass is 290 g/mol. The Hall–Kier alpha value is -1.33. The highest BCUT2D eigenvalue weighted by Gasteiger charge is 1.98. The third-order valence-corrected chi connectivity index (χ3v) is 2.35. The Morgan fingerprint density at radius 2 is 1.95 bits per heavy atom. The molecule has 0 heterocycles. The zero-order valence-electron chi connectivity index (χ0n) is 10.7. The van der Waals surface area contributed by atoms with Crippen LogP contribution in [0.1, 0.15) is 19.3 Å². The second-order valence-corrected chi connectivity index (χ2v) is 3.90. The number of halogens is 2. The highest BCUT2D eigenvalue weighted by Crippen LogP contribution is 2.11. The molecule has 3 N–H and O–H groups in total. The van der Waals surface area contributed by atoms with Gasteiger partial charge in [0, 0.05) is 19.5 Å². The van der Waals surface area contributed by atoms with Crippen molar-refractivity contribution in [2.75, 3.05) is 19.7 Å². The first kappa shape index (κ1) is 17.7. The number of nitrogens with two attached hydrogens (primary N) is 1. The molecule has 19 heavy (non-hydrogen) atoms. The minimum absolute atomic E-state index is 0. The van der Waals surface area contributed by atoms with Crippen LogP contribution in [0.25, 0.3) is 0 Å². The Labute approximate surface area is 118 Å². The number of carbonyl (C=O) groups is 1. The number of rotatable bonds is 8. The summed E-state index contributed by atoms with van der Waals surface area (Å²) in [7, 11) is 0. The lowest BCUT2D eigenvalue weighted by molar-refractivity contribution is -0.120. The molecule has 1 aromatic rings. The predicted molar refractivity (Wildman–Crippen MR) is 75.1 cm³/mol. The number of ether oxygens (including phenoxy) is 1. The Balaban J connectivity index is 0.00000324. The molecular weight excluding hydrogens is 271 g/mol. The van der Waals surface area contributed by atoms with Crippen LogP contribution in [0.5, 0.6) is 5.75 Å². The number of hydrogen-bond acceptors (Lipinski definition) is 3. The van der Waals surface area contributed by atoms with Crippen LogP contribution < -0.4 is 15.8 Å². The highest BCUT2D eigenvalue weighted by atomic mass is 35.5. The van der Waals surface area contributed by atoms with Crippen LogP contribution in [0.2, 0.25) is 0 Å². The standard InChI is InChI=1S/C13H19FN2O2.ClH/c14-11-3-5-12(6-4-11)18-10-2-1-9-16-13(17)7-8-15;/h3-6H,1-2,7-10,15H2,(H,16,17);1H. The number of amides is 1. The van der Waals surface area contributed by atoms with Gasteiger partial charge in [-0.1, -0.05) is 0 Å². The Morgan fingerprint density at radius 3 is 2.58 bits per heavy atom. The SMILES string of the molecule is Cl.NCCC(=O)NCCCCOc1ccc(F)cc1. The van der Waals surface area contributed by atoms with Crippen LogP contribution in [-0.4, -0.2) is 25.6 Å². The number of nitrogens with one attached hydrogen (secondary N) is 1. The zero-order valence-corrected chi connectivity index (χ0v) is 11.5. The molecule has 0 bridgehead atoms. The third kappa shape index (κ3) is 8.40. The van der Waals surface area contributed by atoms with Crippen molar-refractivity contribution in [1.29, 1.82) is 0 Å². The van der Waals surface area contributed by atoms with Crippen LogP contribution >= 0.6 is 12.4 Å². The van der Waals surface area contributed by atoms with Crippen LogP contribution in [0.4, 0.5) is 4.39 Å². The largest absolute Gasteiger partial charge is 0.494 e. The van der Waals surface area contributed by atoms with Crippen molar-refractivity contribution in [3.63, 3.8) is 0 Å². The summed E-state index contributed by atoms with van der Waals surface area (Å²) in [5, 5.41) is 2.77. The fraction of sp³-hybridized carbons (Fsp3) is 0.462. The minimum atomic E-state index is -0.273. The van der Waals surface area contributed by atoms with Crippen molar-refractivity contribution >= 4 is 18.3 Å². The molecule has 108 valence electrons. The Bertz CT molecular complexity index is 360. The Kier molecular flexibility index (Phi) is 9.84. The van der Waals surface area contributed by atoms with Gasteiger partial charge in [-0.05, 0) is 37.1 Å². The van der Waals surface area contributed by atoms with E-state index in [9.17, 15) is 9.18 Å². The maximum Gasteiger partial charge on any atom is 0.221 e. The molecule has 0 spiro atoms. The van der Waals surface area contributed by atoms with Crippen molar-refractivity contribution in [3.05, 3.63) is 30.1 Å². The second kappa shape index (κ2) is 10.6. The summed E-state index contributed by atoms with van der Waals surface area (Å²) in [4.78, 5) is 11.1. The molecule has 6 heteroatoms. The van der Waals surface area contributed by atoms with Crippen molar-refractivity contribution in [2.45, 2.75) is 19.3 Å². The van der Waals surface area contributed by atoms with Crippen molar-refractivity contribution in [3.8, 4) is 5.75 Å². The van der Waals surface area contributed by atoms with Gasteiger partial charge in [0.05, 0.1) is 6.61 Å². The topological polar surface area (TPSA) is 64.4 Å². The molecule has 0 aliphatic heterocycles. The molecule has 0 aliphatic rings. The van der Waals surface area contributed by atoms with Gasteiger partial charge in [-0.25, -0.2) is 4.39 Å². The first-order valence-electron chi connectivity index (χ1n) is 6.07. The first-order chi connectivity index (χ1) is 8.72. The van der Waals surface area contributed by atoms with E-state index in [4.69, 9.17) is 10.5 Å². The van der Waals surface area contributed by atoms with Gasteiger partial charge in [-0.2, -0.15) is 0 Å². The van der Waals surface area contributed by atoms with E-state index in [1.54, 1.807) is 12.1 Å². The van der Waals surface area contributed by atoms with Crippen LogP contribution in [0.3, 0.4) is 0 Å². The van der Waals surface area contributed by atoms with E-state index < -0.39 is 0 Å². The molecule has 0 radical (unpaired) electrons. The van der Waals surface area contributed by atoms with Crippen molar-refractivity contribution in [1.82, 2.24) is 5.32 Å². The summed E-state index contributed by atoms with van der Waals surface area (Å²) < 4.78 is 18.0. The molecule has 4 nitrogen and oxygen atoms in total. The zero-order chi connectivity index (χ0) is 13.2. The van der Waals surface area contributed by atoms with Gasteiger partial charge >= 0.3 is 0 Å². The molecule has 1 rings (SSSR count). The molecule has 1 amide bonds. The molecule has 0 unspecified atom stereocenters. The van der Waals surface area contributed by atoms with E-state index in [0.29, 0.717) is 31.9 Å². The third-order valence-electron chi connectivity index (χ3n) is 2.35. The molecule has 0 saturated carbocycles. The second-order valence-electron chi connectivity index (χ2n) is 3.90. The maximum atomic E-state index is 12.6. The highest BCUT2D eigenvalue weighted by molar-refractivity contribution is 5.85. The molecule has 0 saturated heterocycles. The average Bonchev–Trinajstić information content (AvgIpc) is 2.36. The van der Waals surface area contributed by atoms with Crippen molar-refractivity contribution < 1.29 is 13.9 Å². The van der Waals surface area contributed by atoms with Gasteiger partial charge in [0.1, 0.15) is 11.6 Å².